The highest BCUT2D eigenvalue weighted by Crippen LogP contribution is 2.31. The van der Waals surface area contributed by atoms with Crippen LogP contribution in [0.1, 0.15) is 5.56 Å². The molecule has 0 radical (unpaired) electrons. The monoisotopic (exact) mass is 320 g/mol. The Hall–Kier alpha value is -2.83. The molecule has 0 aliphatic carbocycles. The molecule has 1 heterocycles. The molecular weight excluding hydrogens is 309 g/mol. The first-order valence-electron chi connectivity index (χ1n) is 6.63. The molecule has 23 heavy (non-hydrogen) atoms. The fraction of sp³-hybridized carbons (Fsp3) is 0.125. The molecule has 0 amide bonds. The average Bonchev–Trinajstić information content (AvgIpc) is 3.04. The second-order valence-corrected chi connectivity index (χ2v) is 4.73. The van der Waals surface area contributed by atoms with Crippen LogP contribution in [0.3, 0.4) is 0 Å². The van der Waals surface area contributed by atoms with Gasteiger partial charge in [0.05, 0.1) is 12.7 Å². The van der Waals surface area contributed by atoms with Crippen LogP contribution in [0.25, 0.3) is 22.8 Å². The Morgan fingerprint density at radius 3 is 2.09 bits per heavy atom. The zero-order valence-electron chi connectivity index (χ0n) is 12.0. The maximum absolute atomic E-state index is 12.5. The van der Waals surface area contributed by atoms with Crippen molar-refractivity contribution in [2.75, 3.05) is 7.11 Å². The van der Waals surface area contributed by atoms with Gasteiger partial charge in [0, 0.05) is 11.1 Å². The molecule has 3 rings (SSSR count). The summed E-state index contributed by atoms with van der Waals surface area (Å²) in [6.45, 7) is 0. The average molecular weight is 320 g/mol. The lowest BCUT2D eigenvalue weighted by molar-refractivity contribution is -0.137. The summed E-state index contributed by atoms with van der Waals surface area (Å²) in [6.07, 6.45) is -4.37. The molecular formula is C16H11F3N2O2. The maximum atomic E-state index is 12.5. The topological polar surface area (TPSA) is 48.2 Å². The van der Waals surface area contributed by atoms with Crippen molar-refractivity contribution in [2.24, 2.45) is 0 Å². The van der Waals surface area contributed by atoms with Crippen LogP contribution in [-0.4, -0.2) is 17.3 Å². The molecule has 7 heteroatoms. The summed E-state index contributed by atoms with van der Waals surface area (Å²) in [5.74, 6) is 1.20. The number of benzene rings is 2. The Kier molecular flexibility index (Phi) is 3.77. The van der Waals surface area contributed by atoms with E-state index in [0.717, 1.165) is 12.1 Å². The van der Waals surface area contributed by atoms with Crippen molar-refractivity contribution in [3.63, 3.8) is 0 Å². The number of nitrogens with zero attached hydrogens (tertiary/aromatic N) is 2. The van der Waals surface area contributed by atoms with Gasteiger partial charge in [-0.05, 0) is 48.5 Å². The predicted molar refractivity (Wildman–Crippen MR) is 76.7 cm³/mol. The van der Waals surface area contributed by atoms with Gasteiger partial charge in [-0.15, -0.1) is 0 Å². The van der Waals surface area contributed by atoms with Gasteiger partial charge < -0.3 is 9.26 Å². The highest BCUT2D eigenvalue weighted by atomic mass is 19.4. The molecule has 0 unspecified atom stereocenters. The van der Waals surface area contributed by atoms with Crippen LogP contribution in [0.4, 0.5) is 13.2 Å². The van der Waals surface area contributed by atoms with Gasteiger partial charge in [-0.25, -0.2) is 0 Å². The molecule has 0 spiro atoms. The molecule has 0 bridgehead atoms. The summed E-state index contributed by atoms with van der Waals surface area (Å²) in [7, 11) is 1.56. The smallest absolute Gasteiger partial charge is 0.416 e. The van der Waals surface area contributed by atoms with E-state index >= 15 is 0 Å². The van der Waals surface area contributed by atoms with Crippen molar-refractivity contribution in [3.8, 4) is 28.6 Å². The second-order valence-electron chi connectivity index (χ2n) is 4.73. The fourth-order valence-corrected chi connectivity index (χ4v) is 2.00. The van der Waals surface area contributed by atoms with Gasteiger partial charge in [0.1, 0.15) is 5.75 Å². The first kappa shape index (κ1) is 15.1. The van der Waals surface area contributed by atoms with E-state index in [-0.39, 0.29) is 5.89 Å². The number of hydrogen-bond acceptors (Lipinski definition) is 4. The molecule has 0 saturated carbocycles. The predicted octanol–water partition coefficient (Wildman–Crippen LogP) is 4.43. The second kappa shape index (κ2) is 5.75. The Labute approximate surface area is 129 Å². The number of aromatic nitrogens is 2. The van der Waals surface area contributed by atoms with Gasteiger partial charge in [0.25, 0.3) is 5.89 Å². The molecule has 0 N–H and O–H groups in total. The van der Waals surface area contributed by atoms with Gasteiger partial charge in [0.2, 0.25) is 5.82 Å². The number of hydrogen-bond donors (Lipinski definition) is 0. The molecule has 0 fully saturated rings. The summed E-state index contributed by atoms with van der Waals surface area (Å²) < 4.78 is 47.8. The van der Waals surface area contributed by atoms with E-state index in [1.54, 1.807) is 31.4 Å². The summed E-state index contributed by atoms with van der Waals surface area (Å²) in [5, 5.41) is 3.84. The summed E-state index contributed by atoms with van der Waals surface area (Å²) in [6, 6.07) is 11.6. The van der Waals surface area contributed by atoms with Gasteiger partial charge in [-0.3, -0.25) is 0 Å². The lowest BCUT2D eigenvalue weighted by atomic mass is 10.1. The van der Waals surface area contributed by atoms with E-state index < -0.39 is 11.7 Å². The standard InChI is InChI=1S/C16H11F3N2O2/c1-22-13-8-4-10(5-9-13)14-20-15(23-21-14)11-2-6-12(7-3-11)16(17,18)19/h2-9H,1H3. The number of alkyl halides is 3. The van der Waals surface area contributed by atoms with Gasteiger partial charge in [-0.2, -0.15) is 18.2 Å². The maximum Gasteiger partial charge on any atom is 0.416 e. The van der Waals surface area contributed by atoms with Gasteiger partial charge >= 0.3 is 6.18 Å². The molecule has 3 aromatic rings. The van der Waals surface area contributed by atoms with Crippen LogP contribution in [-0.2, 0) is 6.18 Å². The van der Waals surface area contributed by atoms with Crippen LogP contribution in [0.5, 0.6) is 5.75 Å². The van der Waals surface area contributed by atoms with Crippen molar-refractivity contribution in [1.82, 2.24) is 10.1 Å². The van der Waals surface area contributed by atoms with E-state index in [2.05, 4.69) is 10.1 Å². The molecule has 1 aromatic heterocycles. The first-order valence-corrected chi connectivity index (χ1v) is 6.63. The zero-order chi connectivity index (χ0) is 16.4. The Morgan fingerprint density at radius 1 is 0.913 bits per heavy atom. The SMILES string of the molecule is COc1ccc(-c2noc(-c3ccc(C(F)(F)F)cc3)n2)cc1. The third-order valence-corrected chi connectivity index (χ3v) is 3.23. The Bertz CT molecular complexity index is 793. The number of rotatable bonds is 3. The molecule has 118 valence electrons. The molecule has 0 aliphatic heterocycles. The van der Waals surface area contributed by atoms with Crippen molar-refractivity contribution in [2.45, 2.75) is 6.18 Å². The van der Waals surface area contributed by atoms with Crippen LogP contribution in [0.2, 0.25) is 0 Å². The van der Waals surface area contributed by atoms with Crippen molar-refractivity contribution >= 4 is 0 Å². The van der Waals surface area contributed by atoms with Crippen LogP contribution < -0.4 is 4.74 Å². The van der Waals surface area contributed by atoms with E-state index in [1.165, 1.54) is 12.1 Å². The van der Waals surface area contributed by atoms with Crippen molar-refractivity contribution < 1.29 is 22.4 Å². The van der Waals surface area contributed by atoms with E-state index in [1.807, 2.05) is 0 Å². The lowest BCUT2D eigenvalue weighted by Gasteiger charge is -2.05. The van der Waals surface area contributed by atoms with Gasteiger partial charge in [-0.1, -0.05) is 5.16 Å². The van der Waals surface area contributed by atoms with Crippen LogP contribution in [0.15, 0.2) is 53.1 Å². The number of ether oxygens (including phenoxy) is 1. The highest BCUT2D eigenvalue weighted by molar-refractivity contribution is 5.60. The third kappa shape index (κ3) is 3.18. The summed E-state index contributed by atoms with van der Waals surface area (Å²) >= 11 is 0. The molecule has 4 nitrogen and oxygen atoms in total. The van der Waals surface area contributed by atoms with E-state index in [4.69, 9.17) is 9.26 Å². The van der Waals surface area contributed by atoms with Crippen molar-refractivity contribution in [3.05, 3.63) is 54.1 Å². The minimum atomic E-state index is -4.37. The quantitative estimate of drug-likeness (QED) is 0.716. The zero-order valence-corrected chi connectivity index (χ0v) is 12.0. The summed E-state index contributed by atoms with van der Waals surface area (Å²) in [4.78, 5) is 4.20. The first-order chi connectivity index (χ1) is 11.0. The van der Waals surface area contributed by atoms with E-state index in [0.29, 0.717) is 22.7 Å². The lowest BCUT2D eigenvalue weighted by Crippen LogP contribution is -2.03. The minimum absolute atomic E-state index is 0.157. The molecule has 0 aliphatic rings. The summed E-state index contributed by atoms with van der Waals surface area (Å²) in [5.41, 5.74) is 0.411. The largest absolute Gasteiger partial charge is 0.497 e. The fourth-order valence-electron chi connectivity index (χ4n) is 2.00. The minimum Gasteiger partial charge on any atom is -0.497 e. The highest BCUT2D eigenvalue weighted by Gasteiger charge is 2.30. The molecule has 0 atom stereocenters. The van der Waals surface area contributed by atoms with Gasteiger partial charge in [0.15, 0.2) is 0 Å². The number of methoxy groups -OCH3 is 1. The third-order valence-electron chi connectivity index (χ3n) is 3.23. The van der Waals surface area contributed by atoms with Crippen LogP contribution >= 0.6 is 0 Å². The number of halogens is 3. The van der Waals surface area contributed by atoms with Crippen molar-refractivity contribution in [1.29, 1.82) is 0 Å². The Balaban J connectivity index is 1.86. The normalized spacial score (nSPS) is 11.5. The van der Waals surface area contributed by atoms with E-state index in [9.17, 15) is 13.2 Å². The molecule has 2 aromatic carbocycles. The van der Waals surface area contributed by atoms with Crippen LogP contribution in [0, 0.1) is 0 Å². The Morgan fingerprint density at radius 2 is 1.52 bits per heavy atom. The molecule has 0 saturated heterocycles.